The van der Waals surface area contributed by atoms with Gasteiger partial charge < -0.3 is 15.0 Å². The molecule has 1 heterocycles. The fourth-order valence-corrected chi connectivity index (χ4v) is 4.36. The van der Waals surface area contributed by atoms with Crippen LogP contribution in [-0.4, -0.2) is 47.2 Å². The molecule has 2 N–H and O–H groups in total. The summed E-state index contributed by atoms with van der Waals surface area (Å²) >= 11 is 0. The second kappa shape index (κ2) is 10.7. The van der Waals surface area contributed by atoms with Gasteiger partial charge in [0.25, 0.3) is 0 Å². The predicted molar refractivity (Wildman–Crippen MR) is 123 cm³/mol. The third-order valence-corrected chi connectivity index (χ3v) is 6.68. The van der Waals surface area contributed by atoms with E-state index in [-0.39, 0.29) is 16.7 Å². The third kappa shape index (κ3) is 6.78. The van der Waals surface area contributed by atoms with Gasteiger partial charge in [-0.15, -0.1) is 0 Å². The van der Waals surface area contributed by atoms with Crippen molar-refractivity contribution in [3.63, 3.8) is 0 Å². The fourth-order valence-electron chi connectivity index (χ4n) is 3.28. The van der Waals surface area contributed by atoms with Gasteiger partial charge in [0.1, 0.15) is 0 Å². The summed E-state index contributed by atoms with van der Waals surface area (Å²) in [7, 11) is -3.58. The van der Waals surface area contributed by atoms with Crippen molar-refractivity contribution in [1.29, 1.82) is 0 Å². The highest BCUT2D eigenvalue weighted by atomic mass is 32.2. The first kappa shape index (κ1) is 23.2. The maximum absolute atomic E-state index is 12.5. The van der Waals surface area contributed by atoms with Crippen LogP contribution in [0.2, 0.25) is 0 Å². The first-order valence-electron chi connectivity index (χ1n) is 10.7. The van der Waals surface area contributed by atoms with Gasteiger partial charge >= 0.3 is 0 Å². The Morgan fingerprint density at radius 2 is 1.68 bits per heavy atom. The van der Waals surface area contributed by atoms with Crippen LogP contribution in [0.4, 0.5) is 11.4 Å². The van der Waals surface area contributed by atoms with Crippen molar-refractivity contribution in [3.05, 3.63) is 54.1 Å². The molecule has 7 nitrogen and oxygen atoms in total. The molecule has 0 unspecified atom stereocenters. The molecule has 1 saturated heterocycles. The van der Waals surface area contributed by atoms with Gasteiger partial charge in [0.05, 0.1) is 18.1 Å². The molecule has 1 aliphatic rings. The van der Waals surface area contributed by atoms with Crippen molar-refractivity contribution in [2.24, 2.45) is 5.92 Å². The number of hydrogen-bond acceptors (Lipinski definition) is 5. The number of sulfonamides is 1. The zero-order valence-corrected chi connectivity index (χ0v) is 19.0. The Labute approximate surface area is 184 Å². The maximum Gasteiger partial charge on any atom is 0.240 e. The maximum atomic E-state index is 12.5. The molecule has 0 bridgehead atoms. The van der Waals surface area contributed by atoms with E-state index in [1.165, 1.54) is 23.4 Å². The molecule has 1 amide bonds. The number of rotatable bonds is 9. The first-order chi connectivity index (χ1) is 14.8. The van der Waals surface area contributed by atoms with Crippen molar-refractivity contribution in [2.45, 2.75) is 31.6 Å². The van der Waals surface area contributed by atoms with E-state index >= 15 is 0 Å². The van der Waals surface area contributed by atoms with Crippen LogP contribution < -0.4 is 14.9 Å². The van der Waals surface area contributed by atoms with E-state index in [1.807, 2.05) is 0 Å². The molecule has 2 aromatic carbocycles. The molecular formula is C23H31N3O4S. The fraction of sp³-hybridized carbons (Fsp3) is 0.435. The number of hydrogen-bond donors (Lipinski definition) is 2. The number of benzene rings is 2. The molecular weight excluding hydrogens is 414 g/mol. The van der Waals surface area contributed by atoms with Crippen molar-refractivity contribution in [2.75, 3.05) is 43.1 Å². The van der Waals surface area contributed by atoms with Crippen LogP contribution in [0, 0.1) is 5.92 Å². The lowest BCUT2D eigenvalue weighted by molar-refractivity contribution is -0.118. The average Bonchev–Trinajstić information content (AvgIpc) is 2.78. The van der Waals surface area contributed by atoms with Crippen LogP contribution >= 0.6 is 0 Å². The van der Waals surface area contributed by atoms with Crippen LogP contribution in [0.3, 0.4) is 0 Å². The molecule has 0 spiro atoms. The Kier molecular flexibility index (Phi) is 8.06. The zero-order chi connectivity index (χ0) is 22.3. The third-order valence-electron chi connectivity index (χ3n) is 5.20. The number of ether oxygens (including phenoxy) is 1. The van der Waals surface area contributed by atoms with E-state index in [2.05, 4.69) is 39.2 Å². The largest absolute Gasteiger partial charge is 0.378 e. The van der Waals surface area contributed by atoms with Crippen LogP contribution in [0.25, 0.3) is 0 Å². The molecule has 0 aliphatic carbocycles. The first-order valence-corrected chi connectivity index (χ1v) is 12.2. The van der Waals surface area contributed by atoms with Crippen molar-refractivity contribution >= 4 is 27.3 Å². The minimum atomic E-state index is -3.58. The summed E-state index contributed by atoms with van der Waals surface area (Å²) in [5.74, 6) is -0.243. The van der Waals surface area contributed by atoms with Gasteiger partial charge in [-0.2, -0.15) is 0 Å². The van der Waals surface area contributed by atoms with Crippen molar-refractivity contribution < 1.29 is 17.9 Å². The SMILES string of the molecule is CC(C)C(=O)Nc1ccc(S(=O)(=O)NCCCc2ccc(N3CCOCC3)cc2)cc1. The van der Waals surface area contributed by atoms with Gasteiger partial charge in [0, 0.05) is 36.9 Å². The molecule has 3 rings (SSSR count). The standard InChI is InChI=1S/C23H31N3O4S/c1-18(2)23(27)25-20-7-11-22(12-8-20)31(28,29)24-13-3-4-19-5-9-21(10-6-19)26-14-16-30-17-15-26/h5-12,18,24H,3-4,13-17H2,1-2H3,(H,25,27). The highest BCUT2D eigenvalue weighted by molar-refractivity contribution is 7.89. The van der Waals surface area contributed by atoms with Crippen LogP contribution in [0.1, 0.15) is 25.8 Å². The molecule has 0 saturated carbocycles. The number of carbonyl (C=O) groups excluding carboxylic acids is 1. The van der Waals surface area contributed by atoms with Gasteiger partial charge in [-0.05, 0) is 54.8 Å². The second-order valence-electron chi connectivity index (χ2n) is 7.94. The molecule has 0 atom stereocenters. The molecule has 1 aliphatic heterocycles. The number of carbonyl (C=O) groups is 1. The number of nitrogens with zero attached hydrogens (tertiary/aromatic N) is 1. The predicted octanol–water partition coefficient (Wildman–Crippen LogP) is 3.03. The van der Waals surface area contributed by atoms with Crippen molar-refractivity contribution in [1.82, 2.24) is 4.72 Å². The smallest absolute Gasteiger partial charge is 0.240 e. The van der Waals surface area contributed by atoms with E-state index in [1.54, 1.807) is 26.0 Å². The molecule has 8 heteroatoms. The van der Waals surface area contributed by atoms with Gasteiger partial charge in [0.2, 0.25) is 15.9 Å². The van der Waals surface area contributed by atoms with E-state index in [9.17, 15) is 13.2 Å². The molecule has 168 valence electrons. The Bertz CT molecular complexity index is 951. The number of amides is 1. The summed E-state index contributed by atoms with van der Waals surface area (Å²) in [6, 6.07) is 14.6. The molecule has 1 fully saturated rings. The second-order valence-corrected chi connectivity index (χ2v) is 9.70. The molecule has 2 aromatic rings. The summed E-state index contributed by atoms with van der Waals surface area (Å²) in [6.07, 6.45) is 1.50. The summed E-state index contributed by atoms with van der Waals surface area (Å²) in [5, 5.41) is 2.75. The quantitative estimate of drug-likeness (QED) is 0.580. The Hall–Kier alpha value is -2.42. The van der Waals surface area contributed by atoms with E-state index in [0.29, 0.717) is 18.7 Å². The Balaban J connectivity index is 1.45. The van der Waals surface area contributed by atoms with Gasteiger partial charge in [-0.1, -0.05) is 26.0 Å². The summed E-state index contributed by atoms with van der Waals surface area (Å²) < 4.78 is 33.0. The minimum absolute atomic E-state index is 0.105. The molecule has 0 radical (unpaired) electrons. The lowest BCUT2D eigenvalue weighted by Crippen LogP contribution is -2.36. The van der Waals surface area contributed by atoms with Gasteiger partial charge in [-0.3, -0.25) is 4.79 Å². The topological polar surface area (TPSA) is 87.7 Å². The highest BCUT2D eigenvalue weighted by Gasteiger charge is 2.14. The van der Waals surface area contributed by atoms with E-state index in [0.717, 1.165) is 32.7 Å². The zero-order valence-electron chi connectivity index (χ0n) is 18.1. The minimum Gasteiger partial charge on any atom is -0.378 e. The molecule has 0 aromatic heterocycles. The van der Waals surface area contributed by atoms with E-state index in [4.69, 9.17) is 4.74 Å². The van der Waals surface area contributed by atoms with E-state index < -0.39 is 10.0 Å². The summed E-state index contributed by atoms with van der Waals surface area (Å²) in [4.78, 5) is 14.2. The number of aryl methyl sites for hydroxylation is 1. The lowest BCUT2D eigenvalue weighted by Gasteiger charge is -2.28. The average molecular weight is 446 g/mol. The normalized spacial score (nSPS) is 14.6. The number of anilines is 2. The Morgan fingerprint density at radius 1 is 1.03 bits per heavy atom. The Morgan fingerprint density at radius 3 is 2.29 bits per heavy atom. The van der Waals surface area contributed by atoms with Crippen molar-refractivity contribution in [3.8, 4) is 0 Å². The van der Waals surface area contributed by atoms with Crippen LogP contribution in [-0.2, 0) is 26.0 Å². The molecule has 31 heavy (non-hydrogen) atoms. The highest BCUT2D eigenvalue weighted by Crippen LogP contribution is 2.18. The summed E-state index contributed by atoms with van der Waals surface area (Å²) in [5.41, 5.74) is 2.96. The summed E-state index contributed by atoms with van der Waals surface area (Å²) in [6.45, 7) is 7.30. The van der Waals surface area contributed by atoms with Crippen LogP contribution in [0.15, 0.2) is 53.4 Å². The van der Waals surface area contributed by atoms with Gasteiger partial charge in [0.15, 0.2) is 0 Å². The van der Waals surface area contributed by atoms with Crippen LogP contribution in [0.5, 0.6) is 0 Å². The number of nitrogens with one attached hydrogen (secondary N) is 2. The monoisotopic (exact) mass is 445 g/mol. The lowest BCUT2D eigenvalue weighted by atomic mass is 10.1. The number of morpholine rings is 1. The van der Waals surface area contributed by atoms with Gasteiger partial charge in [-0.25, -0.2) is 13.1 Å².